The summed E-state index contributed by atoms with van der Waals surface area (Å²) in [5, 5.41) is 0.814. The normalized spacial score (nSPS) is 16.9. The van der Waals surface area contributed by atoms with Gasteiger partial charge in [-0.1, -0.05) is 73.5 Å². The molecule has 2 aromatic rings. The van der Waals surface area contributed by atoms with Gasteiger partial charge in [0.05, 0.1) is 0 Å². The van der Waals surface area contributed by atoms with Crippen molar-refractivity contribution < 1.29 is 0 Å². The van der Waals surface area contributed by atoms with Crippen LogP contribution in [0.3, 0.4) is 0 Å². The molecule has 0 N–H and O–H groups in total. The zero-order chi connectivity index (χ0) is 16.1. The fourth-order valence-corrected chi connectivity index (χ4v) is 3.53. The number of hydrogen-bond acceptors (Lipinski definition) is 1. The Labute approximate surface area is 144 Å². The van der Waals surface area contributed by atoms with Gasteiger partial charge in [-0.2, -0.15) is 0 Å². The average Bonchev–Trinajstić information content (AvgIpc) is 2.62. The first-order valence-electron chi connectivity index (χ1n) is 8.52. The molecule has 120 valence electrons. The van der Waals surface area contributed by atoms with E-state index in [4.69, 9.17) is 11.6 Å². The van der Waals surface area contributed by atoms with Gasteiger partial charge in [0, 0.05) is 24.2 Å². The van der Waals surface area contributed by atoms with Crippen LogP contribution in [0.15, 0.2) is 60.7 Å². The molecule has 3 rings (SSSR count). The monoisotopic (exact) mass is 325 g/mol. The van der Waals surface area contributed by atoms with Crippen LogP contribution in [-0.4, -0.2) is 18.0 Å². The minimum absolute atomic E-state index is 0.492. The van der Waals surface area contributed by atoms with Crippen LogP contribution in [0.25, 0.3) is 5.57 Å². The maximum atomic E-state index is 6.04. The van der Waals surface area contributed by atoms with E-state index < -0.39 is 0 Å². The van der Waals surface area contributed by atoms with E-state index in [0.717, 1.165) is 24.5 Å². The van der Waals surface area contributed by atoms with Gasteiger partial charge in [-0.05, 0) is 41.7 Å². The van der Waals surface area contributed by atoms with Crippen LogP contribution >= 0.6 is 11.6 Å². The minimum Gasteiger partial charge on any atom is -0.292 e. The number of halogens is 1. The SMILES string of the molecule is CCCC(c1ccc(Cl)cc1)N1CC=C(c2ccccc2)CC1. The Morgan fingerprint density at radius 3 is 2.39 bits per heavy atom. The van der Waals surface area contributed by atoms with Gasteiger partial charge in [-0.15, -0.1) is 0 Å². The maximum absolute atomic E-state index is 6.04. The molecule has 0 saturated heterocycles. The van der Waals surface area contributed by atoms with E-state index in [-0.39, 0.29) is 0 Å². The van der Waals surface area contributed by atoms with E-state index in [9.17, 15) is 0 Å². The fourth-order valence-electron chi connectivity index (χ4n) is 3.40. The van der Waals surface area contributed by atoms with Gasteiger partial charge in [0.15, 0.2) is 0 Å². The molecule has 0 saturated carbocycles. The smallest absolute Gasteiger partial charge is 0.0406 e. The van der Waals surface area contributed by atoms with E-state index in [0.29, 0.717) is 6.04 Å². The molecule has 23 heavy (non-hydrogen) atoms. The predicted molar refractivity (Wildman–Crippen MR) is 99.7 cm³/mol. The second-order valence-corrected chi connectivity index (χ2v) is 6.63. The second kappa shape index (κ2) is 7.81. The quantitative estimate of drug-likeness (QED) is 0.654. The summed E-state index contributed by atoms with van der Waals surface area (Å²) in [4.78, 5) is 2.60. The molecule has 1 unspecified atom stereocenters. The van der Waals surface area contributed by atoms with Crippen molar-refractivity contribution in [3.05, 3.63) is 76.8 Å². The third-order valence-corrected chi connectivity index (χ3v) is 4.89. The number of nitrogens with zero attached hydrogens (tertiary/aromatic N) is 1. The molecule has 1 atom stereocenters. The Hall–Kier alpha value is -1.57. The summed E-state index contributed by atoms with van der Waals surface area (Å²) >= 11 is 6.04. The highest BCUT2D eigenvalue weighted by Gasteiger charge is 2.22. The zero-order valence-electron chi connectivity index (χ0n) is 13.7. The van der Waals surface area contributed by atoms with Gasteiger partial charge in [-0.25, -0.2) is 0 Å². The molecule has 1 heterocycles. The van der Waals surface area contributed by atoms with Crippen molar-refractivity contribution in [2.24, 2.45) is 0 Å². The zero-order valence-corrected chi connectivity index (χ0v) is 14.5. The molecule has 1 aliphatic rings. The van der Waals surface area contributed by atoms with Crippen LogP contribution in [0, 0.1) is 0 Å². The highest BCUT2D eigenvalue weighted by atomic mass is 35.5. The second-order valence-electron chi connectivity index (χ2n) is 6.20. The molecule has 2 aromatic carbocycles. The summed E-state index contributed by atoms with van der Waals surface area (Å²) in [5.41, 5.74) is 4.23. The summed E-state index contributed by atoms with van der Waals surface area (Å²) in [7, 11) is 0. The first kappa shape index (κ1) is 16.3. The van der Waals surface area contributed by atoms with E-state index in [2.05, 4.69) is 60.4 Å². The molecule has 0 radical (unpaired) electrons. The molecular formula is C21H24ClN. The molecular weight excluding hydrogens is 302 g/mol. The summed E-state index contributed by atoms with van der Waals surface area (Å²) in [5.74, 6) is 0. The molecule has 0 spiro atoms. The lowest BCUT2D eigenvalue weighted by Crippen LogP contribution is -2.32. The van der Waals surface area contributed by atoms with E-state index in [1.807, 2.05) is 12.1 Å². The Kier molecular flexibility index (Phi) is 5.53. The summed E-state index contributed by atoms with van der Waals surface area (Å²) in [6.07, 6.45) is 5.91. The third kappa shape index (κ3) is 4.04. The van der Waals surface area contributed by atoms with Gasteiger partial charge in [0.2, 0.25) is 0 Å². The topological polar surface area (TPSA) is 3.24 Å². The van der Waals surface area contributed by atoms with Crippen LogP contribution in [0.4, 0.5) is 0 Å². The number of rotatable bonds is 5. The number of hydrogen-bond donors (Lipinski definition) is 0. The van der Waals surface area contributed by atoms with Crippen molar-refractivity contribution in [1.82, 2.24) is 4.90 Å². The maximum Gasteiger partial charge on any atom is 0.0406 e. The lowest BCUT2D eigenvalue weighted by Gasteiger charge is -2.34. The number of benzene rings is 2. The predicted octanol–water partition coefficient (Wildman–Crippen LogP) is 5.97. The largest absolute Gasteiger partial charge is 0.292 e. The third-order valence-electron chi connectivity index (χ3n) is 4.64. The molecule has 0 amide bonds. The molecule has 0 aromatic heterocycles. The Bertz CT molecular complexity index is 645. The molecule has 0 bridgehead atoms. The molecule has 0 fully saturated rings. The van der Waals surface area contributed by atoms with Gasteiger partial charge in [-0.3, -0.25) is 4.90 Å². The van der Waals surface area contributed by atoms with Crippen LogP contribution < -0.4 is 0 Å². The molecule has 2 heteroatoms. The van der Waals surface area contributed by atoms with Crippen molar-refractivity contribution in [2.75, 3.05) is 13.1 Å². The van der Waals surface area contributed by atoms with Crippen molar-refractivity contribution in [2.45, 2.75) is 32.2 Å². The van der Waals surface area contributed by atoms with E-state index in [1.54, 1.807) is 0 Å². The summed E-state index contributed by atoms with van der Waals surface area (Å²) < 4.78 is 0. The van der Waals surface area contributed by atoms with Crippen molar-refractivity contribution in [1.29, 1.82) is 0 Å². The Morgan fingerprint density at radius 2 is 1.78 bits per heavy atom. The van der Waals surface area contributed by atoms with Crippen LogP contribution in [-0.2, 0) is 0 Å². The van der Waals surface area contributed by atoms with Gasteiger partial charge in [0.1, 0.15) is 0 Å². The van der Waals surface area contributed by atoms with Crippen LogP contribution in [0.2, 0.25) is 5.02 Å². The standard InChI is InChI=1S/C21H24ClN/c1-2-6-21(19-9-11-20(22)12-10-19)23-15-13-18(14-16-23)17-7-4-3-5-8-17/h3-5,7-13,21H,2,6,14-16H2,1H3. The van der Waals surface area contributed by atoms with E-state index in [1.165, 1.54) is 29.5 Å². The van der Waals surface area contributed by atoms with Crippen molar-refractivity contribution >= 4 is 17.2 Å². The Morgan fingerprint density at radius 1 is 1.04 bits per heavy atom. The van der Waals surface area contributed by atoms with Crippen LogP contribution in [0.5, 0.6) is 0 Å². The van der Waals surface area contributed by atoms with Gasteiger partial charge >= 0.3 is 0 Å². The highest BCUT2D eigenvalue weighted by molar-refractivity contribution is 6.30. The first-order chi connectivity index (χ1) is 11.3. The van der Waals surface area contributed by atoms with E-state index >= 15 is 0 Å². The minimum atomic E-state index is 0.492. The fraction of sp³-hybridized carbons (Fsp3) is 0.333. The summed E-state index contributed by atoms with van der Waals surface area (Å²) in [6.45, 7) is 4.41. The lowest BCUT2D eigenvalue weighted by molar-refractivity contribution is 0.206. The van der Waals surface area contributed by atoms with Crippen LogP contribution in [0.1, 0.15) is 43.4 Å². The van der Waals surface area contributed by atoms with Gasteiger partial charge in [0.25, 0.3) is 0 Å². The molecule has 1 nitrogen and oxygen atoms in total. The highest BCUT2D eigenvalue weighted by Crippen LogP contribution is 2.31. The average molecular weight is 326 g/mol. The first-order valence-corrected chi connectivity index (χ1v) is 8.89. The Balaban J connectivity index is 1.75. The van der Waals surface area contributed by atoms with Crippen molar-refractivity contribution in [3.8, 4) is 0 Å². The lowest BCUT2D eigenvalue weighted by atomic mass is 9.95. The summed E-state index contributed by atoms with van der Waals surface area (Å²) in [6, 6.07) is 19.6. The van der Waals surface area contributed by atoms with Crippen molar-refractivity contribution in [3.63, 3.8) is 0 Å². The molecule has 1 aliphatic heterocycles. The molecule has 0 aliphatic carbocycles. The van der Waals surface area contributed by atoms with Gasteiger partial charge < -0.3 is 0 Å².